The lowest BCUT2D eigenvalue weighted by molar-refractivity contribution is -0.123. The lowest BCUT2D eigenvalue weighted by atomic mass is 9.96. The highest BCUT2D eigenvalue weighted by atomic mass is 35.5. The van der Waals surface area contributed by atoms with E-state index in [1.54, 1.807) is 12.1 Å². The predicted octanol–water partition coefficient (Wildman–Crippen LogP) is 3.03. The van der Waals surface area contributed by atoms with Gasteiger partial charge in [-0.2, -0.15) is 0 Å². The minimum absolute atomic E-state index is 0.0725. The highest BCUT2D eigenvalue weighted by molar-refractivity contribution is 6.29. The molecule has 0 aliphatic carbocycles. The van der Waals surface area contributed by atoms with E-state index in [9.17, 15) is 4.79 Å². The quantitative estimate of drug-likeness (QED) is 0.748. The summed E-state index contributed by atoms with van der Waals surface area (Å²) in [6.45, 7) is 7.44. The third kappa shape index (κ3) is 3.51. The molecule has 1 aromatic heterocycles. The van der Waals surface area contributed by atoms with Gasteiger partial charge in [0.1, 0.15) is 11.0 Å². The predicted molar refractivity (Wildman–Crippen MR) is 62.1 cm³/mol. The number of aromatic nitrogens is 1. The van der Waals surface area contributed by atoms with Gasteiger partial charge in [-0.15, -0.1) is 0 Å². The first-order chi connectivity index (χ1) is 6.79. The van der Waals surface area contributed by atoms with Gasteiger partial charge in [0.15, 0.2) is 0 Å². The van der Waals surface area contributed by atoms with Crippen molar-refractivity contribution in [3.63, 3.8) is 0 Å². The molecule has 82 valence electrons. The first-order valence-electron chi connectivity index (χ1n) is 4.75. The lowest BCUT2D eigenvalue weighted by Crippen LogP contribution is -2.28. The maximum Gasteiger partial charge on any atom is 0.230 e. The second-order valence-corrected chi connectivity index (χ2v) is 4.94. The Morgan fingerprint density at radius 1 is 1.40 bits per heavy atom. The Morgan fingerprint density at radius 2 is 2.00 bits per heavy atom. The number of aryl methyl sites for hydroxylation is 1. The van der Waals surface area contributed by atoms with Crippen LogP contribution in [0.4, 0.5) is 5.82 Å². The number of nitrogens with one attached hydrogen (secondary N) is 1. The van der Waals surface area contributed by atoms with E-state index in [1.165, 1.54) is 0 Å². The smallest absolute Gasteiger partial charge is 0.230 e. The summed E-state index contributed by atoms with van der Waals surface area (Å²) >= 11 is 5.79. The molecule has 1 N–H and O–H groups in total. The molecule has 0 fully saturated rings. The van der Waals surface area contributed by atoms with Crippen molar-refractivity contribution in [2.45, 2.75) is 27.7 Å². The van der Waals surface area contributed by atoms with E-state index in [2.05, 4.69) is 10.3 Å². The van der Waals surface area contributed by atoms with Gasteiger partial charge in [0.25, 0.3) is 0 Å². The van der Waals surface area contributed by atoms with Crippen molar-refractivity contribution in [1.82, 2.24) is 4.98 Å². The average molecular weight is 227 g/mol. The topological polar surface area (TPSA) is 42.0 Å². The lowest BCUT2D eigenvalue weighted by Gasteiger charge is -2.17. The molecule has 1 amide bonds. The third-order valence-corrected chi connectivity index (χ3v) is 2.05. The molecular weight excluding hydrogens is 212 g/mol. The number of hydrogen-bond acceptors (Lipinski definition) is 2. The van der Waals surface area contributed by atoms with Crippen molar-refractivity contribution in [2.75, 3.05) is 5.32 Å². The molecule has 1 heterocycles. The van der Waals surface area contributed by atoms with Crippen molar-refractivity contribution < 1.29 is 4.79 Å². The van der Waals surface area contributed by atoms with Gasteiger partial charge in [-0.05, 0) is 24.6 Å². The standard InChI is InChI=1S/C11H15ClN2O/c1-7-5-8(12)13-9(6-7)14-10(15)11(2,3)4/h5-6H,1-4H3,(H,13,14,15). The highest BCUT2D eigenvalue weighted by Gasteiger charge is 2.21. The molecule has 0 atom stereocenters. The fourth-order valence-corrected chi connectivity index (χ4v) is 1.26. The van der Waals surface area contributed by atoms with E-state index < -0.39 is 5.41 Å². The number of pyridine rings is 1. The van der Waals surface area contributed by atoms with Crippen LogP contribution in [0.1, 0.15) is 26.3 Å². The van der Waals surface area contributed by atoms with Gasteiger partial charge in [-0.3, -0.25) is 4.79 Å². The van der Waals surface area contributed by atoms with E-state index in [0.717, 1.165) is 5.56 Å². The number of rotatable bonds is 1. The van der Waals surface area contributed by atoms with Crippen LogP contribution in [-0.2, 0) is 4.79 Å². The third-order valence-electron chi connectivity index (χ3n) is 1.86. The molecule has 3 nitrogen and oxygen atoms in total. The summed E-state index contributed by atoms with van der Waals surface area (Å²) in [4.78, 5) is 15.7. The molecule has 0 aliphatic heterocycles. The Bertz CT molecular complexity index is 362. The molecule has 0 bridgehead atoms. The fourth-order valence-electron chi connectivity index (χ4n) is 0.993. The summed E-state index contributed by atoms with van der Waals surface area (Å²) in [7, 11) is 0. The normalized spacial score (nSPS) is 11.3. The minimum atomic E-state index is -0.433. The Balaban J connectivity index is 2.86. The van der Waals surface area contributed by atoms with E-state index in [0.29, 0.717) is 11.0 Å². The summed E-state index contributed by atoms with van der Waals surface area (Å²) in [5.41, 5.74) is 0.539. The van der Waals surface area contributed by atoms with E-state index >= 15 is 0 Å². The van der Waals surface area contributed by atoms with Gasteiger partial charge < -0.3 is 5.32 Å². The zero-order valence-electron chi connectivity index (χ0n) is 9.39. The van der Waals surface area contributed by atoms with E-state index in [-0.39, 0.29) is 5.91 Å². The van der Waals surface area contributed by atoms with E-state index in [4.69, 9.17) is 11.6 Å². The first-order valence-corrected chi connectivity index (χ1v) is 5.12. The van der Waals surface area contributed by atoms with Crippen LogP contribution in [0, 0.1) is 12.3 Å². The Labute approximate surface area is 94.9 Å². The maximum absolute atomic E-state index is 11.7. The van der Waals surface area contributed by atoms with Gasteiger partial charge in [0.2, 0.25) is 5.91 Å². The molecule has 0 radical (unpaired) electrons. The second kappa shape index (κ2) is 4.19. The SMILES string of the molecule is Cc1cc(Cl)nc(NC(=O)C(C)(C)C)c1. The average Bonchev–Trinajstić information content (AvgIpc) is 1.99. The van der Waals surface area contributed by atoms with Crippen LogP contribution in [-0.4, -0.2) is 10.9 Å². The molecular formula is C11H15ClN2O. The molecule has 0 spiro atoms. The molecule has 0 unspecified atom stereocenters. The first kappa shape index (κ1) is 12.0. The van der Waals surface area contributed by atoms with Crippen LogP contribution in [0.2, 0.25) is 5.15 Å². The summed E-state index contributed by atoms with van der Waals surface area (Å²) < 4.78 is 0. The van der Waals surface area contributed by atoms with Crippen molar-refractivity contribution in [3.05, 3.63) is 22.8 Å². The van der Waals surface area contributed by atoms with Crippen molar-refractivity contribution in [2.24, 2.45) is 5.41 Å². The maximum atomic E-state index is 11.7. The summed E-state index contributed by atoms with van der Waals surface area (Å²) in [5.74, 6) is 0.427. The molecule has 1 rings (SSSR count). The van der Waals surface area contributed by atoms with Crippen LogP contribution in [0.25, 0.3) is 0 Å². The van der Waals surface area contributed by atoms with E-state index in [1.807, 2.05) is 27.7 Å². The number of amides is 1. The Hall–Kier alpha value is -1.09. The molecule has 4 heteroatoms. The molecule has 15 heavy (non-hydrogen) atoms. The summed E-state index contributed by atoms with van der Waals surface area (Å²) in [6, 6.07) is 3.53. The van der Waals surface area contributed by atoms with Gasteiger partial charge in [-0.25, -0.2) is 4.98 Å². The zero-order valence-corrected chi connectivity index (χ0v) is 10.1. The number of nitrogens with zero attached hydrogens (tertiary/aromatic N) is 1. The van der Waals surface area contributed by atoms with Crippen molar-refractivity contribution in [1.29, 1.82) is 0 Å². The van der Waals surface area contributed by atoms with Crippen molar-refractivity contribution >= 4 is 23.3 Å². The number of halogens is 1. The molecule has 0 saturated heterocycles. The summed E-state index contributed by atoms with van der Waals surface area (Å²) in [6.07, 6.45) is 0. The Morgan fingerprint density at radius 3 is 2.47 bits per heavy atom. The molecule has 0 aromatic carbocycles. The minimum Gasteiger partial charge on any atom is -0.310 e. The Kier molecular flexibility index (Phi) is 3.35. The summed E-state index contributed by atoms with van der Waals surface area (Å²) in [5, 5.41) is 3.12. The van der Waals surface area contributed by atoms with Gasteiger partial charge >= 0.3 is 0 Å². The molecule has 1 aromatic rings. The zero-order chi connectivity index (χ0) is 11.6. The monoisotopic (exact) mass is 226 g/mol. The molecule has 0 saturated carbocycles. The van der Waals surface area contributed by atoms with Gasteiger partial charge in [-0.1, -0.05) is 32.4 Å². The van der Waals surface area contributed by atoms with Crippen LogP contribution in [0.3, 0.4) is 0 Å². The van der Waals surface area contributed by atoms with Crippen molar-refractivity contribution in [3.8, 4) is 0 Å². The van der Waals surface area contributed by atoms with Gasteiger partial charge in [0.05, 0.1) is 0 Å². The number of carbonyl (C=O) groups excluding carboxylic acids is 1. The number of anilines is 1. The number of hydrogen-bond donors (Lipinski definition) is 1. The van der Waals surface area contributed by atoms with Crippen LogP contribution in [0.15, 0.2) is 12.1 Å². The fraction of sp³-hybridized carbons (Fsp3) is 0.455. The highest BCUT2D eigenvalue weighted by Crippen LogP contribution is 2.18. The van der Waals surface area contributed by atoms with Gasteiger partial charge in [0, 0.05) is 5.41 Å². The second-order valence-electron chi connectivity index (χ2n) is 4.56. The molecule has 0 aliphatic rings. The number of carbonyl (C=O) groups is 1. The van der Waals surface area contributed by atoms with Crippen LogP contribution in [0.5, 0.6) is 0 Å². The largest absolute Gasteiger partial charge is 0.310 e. The van der Waals surface area contributed by atoms with Crippen LogP contribution < -0.4 is 5.32 Å². The van der Waals surface area contributed by atoms with Crippen LogP contribution >= 0.6 is 11.6 Å².